The number of sulfonamides is 1. The normalized spacial score (nSPS) is 13.4. The second-order valence-electron chi connectivity index (χ2n) is 5.29. The molecule has 0 bridgehead atoms. The highest BCUT2D eigenvalue weighted by molar-refractivity contribution is 7.93. The van der Waals surface area contributed by atoms with Crippen molar-refractivity contribution in [3.8, 4) is 11.5 Å². The van der Waals surface area contributed by atoms with E-state index in [4.69, 9.17) is 21.1 Å². The number of carbonyl (C=O) groups excluding carboxylic acids is 1. The molecule has 0 aliphatic carbocycles. The Morgan fingerprint density at radius 1 is 1.08 bits per heavy atom. The maximum Gasteiger partial charge on any atom is 0.257 e. The van der Waals surface area contributed by atoms with Gasteiger partial charge in [-0.25, -0.2) is 13.1 Å². The Balaban J connectivity index is 1.66. The van der Waals surface area contributed by atoms with Crippen LogP contribution in [0.2, 0.25) is 5.02 Å². The number of carbonyl (C=O) groups is 1. The van der Waals surface area contributed by atoms with Crippen molar-refractivity contribution in [3.63, 3.8) is 0 Å². The second-order valence-corrected chi connectivity index (χ2v) is 7.27. The quantitative estimate of drug-likeness (QED) is 0.791. The van der Waals surface area contributed by atoms with Crippen LogP contribution in [0.15, 0.2) is 53.9 Å². The molecule has 0 spiro atoms. The summed E-state index contributed by atoms with van der Waals surface area (Å²) in [4.78, 5) is 11.9. The summed E-state index contributed by atoms with van der Waals surface area (Å²) in [5, 5.41) is 1.28. The lowest BCUT2D eigenvalue weighted by Gasteiger charge is -2.02. The molecule has 1 N–H and O–H groups in total. The van der Waals surface area contributed by atoms with Crippen LogP contribution in [0.5, 0.6) is 11.5 Å². The molecule has 0 aromatic heterocycles. The van der Waals surface area contributed by atoms with Crippen LogP contribution in [0, 0.1) is 0 Å². The third-order valence-electron chi connectivity index (χ3n) is 3.36. The van der Waals surface area contributed by atoms with Crippen molar-refractivity contribution in [2.45, 2.75) is 0 Å². The monoisotopic (exact) mass is 391 g/mol. The van der Waals surface area contributed by atoms with E-state index in [1.807, 2.05) is 10.8 Å². The Morgan fingerprint density at radius 2 is 1.85 bits per heavy atom. The Bertz CT molecular complexity index is 984. The molecule has 6 nitrogen and oxygen atoms in total. The predicted octanol–water partition coefficient (Wildman–Crippen LogP) is 3.20. The van der Waals surface area contributed by atoms with Gasteiger partial charge >= 0.3 is 0 Å². The smallest absolute Gasteiger partial charge is 0.257 e. The Morgan fingerprint density at radius 3 is 2.62 bits per heavy atom. The molecule has 0 saturated carbocycles. The van der Waals surface area contributed by atoms with Crippen molar-refractivity contribution >= 4 is 39.7 Å². The Hall–Kier alpha value is -2.77. The van der Waals surface area contributed by atoms with Gasteiger partial charge in [0, 0.05) is 6.08 Å². The molecule has 1 aliphatic rings. The summed E-state index contributed by atoms with van der Waals surface area (Å²) in [6, 6.07) is 12.1. The molecule has 0 saturated heterocycles. The standard InChI is InChI=1S/C18H14ClNO5S/c19-15-10-14(11-16-18(15)25-12-24-16)6-7-17(21)20-26(22,23)9-8-13-4-2-1-3-5-13/h1-11H,12H2,(H,20,21)/b7-6-,9-8-. The molecule has 1 amide bonds. The van der Waals surface area contributed by atoms with Crippen molar-refractivity contribution in [2.75, 3.05) is 6.79 Å². The number of fused-ring (bicyclic) bond motifs is 1. The number of amides is 1. The van der Waals surface area contributed by atoms with Crippen LogP contribution >= 0.6 is 11.6 Å². The molecule has 0 atom stereocenters. The molecular weight excluding hydrogens is 378 g/mol. The molecule has 26 heavy (non-hydrogen) atoms. The van der Waals surface area contributed by atoms with Crippen molar-refractivity contribution in [2.24, 2.45) is 0 Å². The Labute approximate surface area is 155 Å². The van der Waals surface area contributed by atoms with Crippen LogP contribution in [0.25, 0.3) is 12.2 Å². The lowest BCUT2D eigenvalue weighted by molar-refractivity contribution is -0.114. The predicted molar refractivity (Wildman–Crippen MR) is 99.1 cm³/mol. The van der Waals surface area contributed by atoms with Gasteiger partial charge in [-0.2, -0.15) is 0 Å². The molecular formula is C18H14ClNO5S. The zero-order valence-electron chi connectivity index (χ0n) is 13.4. The van der Waals surface area contributed by atoms with Gasteiger partial charge in [-0.05, 0) is 35.4 Å². The molecule has 1 aliphatic heterocycles. The maximum absolute atomic E-state index is 11.9. The molecule has 8 heteroatoms. The third-order valence-corrected chi connectivity index (χ3v) is 4.62. The molecule has 134 valence electrons. The molecule has 3 rings (SSSR count). The summed E-state index contributed by atoms with van der Waals surface area (Å²) < 4.78 is 36.2. The number of ether oxygens (including phenoxy) is 2. The van der Waals surface area contributed by atoms with E-state index >= 15 is 0 Å². The molecule has 0 fully saturated rings. The fourth-order valence-corrected chi connectivity index (χ4v) is 3.22. The van der Waals surface area contributed by atoms with E-state index in [-0.39, 0.29) is 6.79 Å². The first-order valence-electron chi connectivity index (χ1n) is 7.50. The molecule has 2 aromatic rings. The van der Waals surface area contributed by atoms with Gasteiger partial charge in [-0.15, -0.1) is 0 Å². The fraction of sp³-hybridized carbons (Fsp3) is 0.0556. The van der Waals surface area contributed by atoms with Crippen molar-refractivity contribution in [1.82, 2.24) is 4.72 Å². The van der Waals surface area contributed by atoms with Gasteiger partial charge < -0.3 is 9.47 Å². The topological polar surface area (TPSA) is 81.7 Å². The highest BCUT2D eigenvalue weighted by Crippen LogP contribution is 2.40. The van der Waals surface area contributed by atoms with E-state index in [9.17, 15) is 13.2 Å². The van der Waals surface area contributed by atoms with Gasteiger partial charge in [-0.3, -0.25) is 4.79 Å². The third kappa shape index (κ3) is 4.65. The van der Waals surface area contributed by atoms with Crippen LogP contribution < -0.4 is 14.2 Å². The second kappa shape index (κ2) is 7.63. The number of rotatable bonds is 5. The van der Waals surface area contributed by atoms with Gasteiger partial charge in [0.15, 0.2) is 11.5 Å². The first-order valence-corrected chi connectivity index (χ1v) is 9.42. The average molecular weight is 392 g/mol. The maximum atomic E-state index is 11.9. The van der Waals surface area contributed by atoms with Crippen LogP contribution in [-0.2, 0) is 14.8 Å². The van der Waals surface area contributed by atoms with Crippen LogP contribution in [0.3, 0.4) is 0 Å². The van der Waals surface area contributed by atoms with Gasteiger partial charge in [0.1, 0.15) is 0 Å². The largest absolute Gasteiger partial charge is 0.454 e. The zero-order chi connectivity index (χ0) is 18.6. The number of hydrogen-bond acceptors (Lipinski definition) is 5. The van der Waals surface area contributed by atoms with Crippen molar-refractivity contribution < 1.29 is 22.7 Å². The number of benzene rings is 2. The average Bonchev–Trinajstić information content (AvgIpc) is 3.08. The van der Waals surface area contributed by atoms with Crippen molar-refractivity contribution in [1.29, 1.82) is 0 Å². The minimum Gasteiger partial charge on any atom is -0.454 e. The lowest BCUT2D eigenvalue weighted by atomic mass is 10.2. The summed E-state index contributed by atoms with van der Waals surface area (Å²) in [5.41, 5.74) is 1.28. The van der Waals surface area contributed by atoms with Crippen molar-refractivity contribution in [3.05, 3.63) is 70.1 Å². The van der Waals surface area contributed by atoms with E-state index < -0.39 is 15.9 Å². The first-order chi connectivity index (χ1) is 12.4. The summed E-state index contributed by atoms with van der Waals surface area (Å²) in [6.07, 6.45) is 3.93. The summed E-state index contributed by atoms with van der Waals surface area (Å²) in [7, 11) is -3.90. The van der Waals surface area contributed by atoms with E-state index in [0.29, 0.717) is 27.6 Å². The van der Waals surface area contributed by atoms with Crippen LogP contribution in [0.4, 0.5) is 0 Å². The molecule has 0 unspecified atom stereocenters. The highest BCUT2D eigenvalue weighted by Gasteiger charge is 2.17. The minimum atomic E-state index is -3.90. The van der Waals surface area contributed by atoms with Gasteiger partial charge in [-0.1, -0.05) is 41.9 Å². The van der Waals surface area contributed by atoms with E-state index in [1.165, 1.54) is 12.2 Å². The van der Waals surface area contributed by atoms with E-state index in [0.717, 1.165) is 11.5 Å². The van der Waals surface area contributed by atoms with Crippen LogP contribution in [0.1, 0.15) is 11.1 Å². The first kappa shape index (κ1) is 18.0. The summed E-state index contributed by atoms with van der Waals surface area (Å²) in [6.45, 7) is 0.0781. The lowest BCUT2D eigenvalue weighted by Crippen LogP contribution is -2.26. The number of hydrogen-bond donors (Lipinski definition) is 1. The zero-order valence-corrected chi connectivity index (χ0v) is 15.0. The Kier molecular flexibility index (Phi) is 5.29. The van der Waals surface area contributed by atoms with Gasteiger partial charge in [0.25, 0.3) is 15.9 Å². The van der Waals surface area contributed by atoms with Gasteiger partial charge in [0.05, 0.1) is 10.4 Å². The minimum absolute atomic E-state index is 0.0781. The number of nitrogens with one attached hydrogen (secondary N) is 1. The van der Waals surface area contributed by atoms with Gasteiger partial charge in [0.2, 0.25) is 6.79 Å². The highest BCUT2D eigenvalue weighted by atomic mass is 35.5. The van der Waals surface area contributed by atoms with Crippen LogP contribution in [-0.4, -0.2) is 21.1 Å². The molecule has 0 radical (unpaired) electrons. The SMILES string of the molecule is O=C(/C=C\c1cc(Cl)c2c(c1)OCO2)NS(=O)(=O)/C=C\c1ccccc1. The molecule has 2 aromatic carbocycles. The molecule has 1 heterocycles. The van der Waals surface area contributed by atoms with E-state index in [2.05, 4.69) is 0 Å². The summed E-state index contributed by atoms with van der Waals surface area (Å²) in [5.74, 6) is 0.134. The fourth-order valence-electron chi connectivity index (χ4n) is 2.20. The number of halogens is 1. The van der Waals surface area contributed by atoms with E-state index in [1.54, 1.807) is 36.4 Å². The summed E-state index contributed by atoms with van der Waals surface area (Å²) >= 11 is 6.05.